The van der Waals surface area contributed by atoms with Gasteiger partial charge in [0.25, 0.3) is 5.91 Å². The van der Waals surface area contributed by atoms with Gasteiger partial charge in [0, 0.05) is 31.0 Å². The molecule has 3 N–H and O–H groups in total. The largest absolute Gasteiger partial charge is 0.503 e. The molecule has 1 amide bonds. The van der Waals surface area contributed by atoms with Gasteiger partial charge in [-0.3, -0.25) is 14.5 Å². The molecule has 0 aliphatic carbocycles. The van der Waals surface area contributed by atoms with Gasteiger partial charge >= 0.3 is 0 Å². The third-order valence-corrected chi connectivity index (χ3v) is 5.49. The van der Waals surface area contributed by atoms with Crippen molar-refractivity contribution in [3.05, 3.63) is 34.3 Å². The third kappa shape index (κ3) is 1.68. The van der Waals surface area contributed by atoms with E-state index in [0.717, 1.165) is 19.4 Å². The zero-order valence-corrected chi connectivity index (χ0v) is 13.1. The number of carbonyl (C=O) groups excluding carboxylic acids is 1. The topological polar surface area (TPSA) is 91.8 Å². The predicted molar refractivity (Wildman–Crippen MR) is 84.8 cm³/mol. The lowest BCUT2D eigenvalue weighted by molar-refractivity contribution is 0.00375. The maximum absolute atomic E-state index is 12.9. The number of aromatic hydroxyl groups is 1. The summed E-state index contributed by atoms with van der Waals surface area (Å²) in [5.74, 6) is -0.829. The molecular formula is C16H20N4O3. The van der Waals surface area contributed by atoms with Crippen molar-refractivity contribution in [2.24, 2.45) is 5.73 Å². The number of nitrogens with two attached hydrogens (primary N) is 1. The maximum Gasteiger partial charge on any atom is 0.276 e. The first-order chi connectivity index (χ1) is 10.8. The van der Waals surface area contributed by atoms with Crippen molar-refractivity contribution in [1.82, 2.24) is 14.4 Å². The van der Waals surface area contributed by atoms with Crippen LogP contribution in [0.5, 0.6) is 5.75 Å². The first-order valence-corrected chi connectivity index (χ1v) is 7.84. The molecule has 7 nitrogen and oxygen atoms in total. The minimum atomic E-state index is -0.639. The molecule has 0 saturated carbocycles. The molecule has 0 aromatic carbocycles. The summed E-state index contributed by atoms with van der Waals surface area (Å²) in [5, 5.41) is 10.3. The van der Waals surface area contributed by atoms with E-state index < -0.39 is 16.8 Å². The third-order valence-electron chi connectivity index (χ3n) is 5.49. The summed E-state index contributed by atoms with van der Waals surface area (Å²) in [4.78, 5) is 29.3. The lowest BCUT2D eigenvalue weighted by atomic mass is 10.0. The minimum Gasteiger partial charge on any atom is -0.503 e. The number of carbonyl (C=O) groups is 1. The molecule has 2 saturated heterocycles. The normalized spacial score (nSPS) is 29.3. The van der Waals surface area contributed by atoms with Crippen molar-refractivity contribution in [1.29, 1.82) is 0 Å². The van der Waals surface area contributed by atoms with Gasteiger partial charge in [-0.2, -0.15) is 0 Å². The first kappa shape index (κ1) is 14.3. The summed E-state index contributed by atoms with van der Waals surface area (Å²) in [7, 11) is 0. The average Bonchev–Trinajstić information content (AvgIpc) is 3.04. The first-order valence-electron chi connectivity index (χ1n) is 7.84. The van der Waals surface area contributed by atoms with Crippen LogP contribution in [0.3, 0.4) is 0 Å². The second-order valence-electron chi connectivity index (χ2n) is 6.84. The quantitative estimate of drug-likeness (QED) is 0.768. The van der Waals surface area contributed by atoms with Gasteiger partial charge in [-0.15, -0.1) is 0 Å². The summed E-state index contributed by atoms with van der Waals surface area (Å²) in [6.07, 6.45) is 3.75. The Kier molecular flexibility index (Phi) is 2.73. The standard InChI is InChI=1S/C16H20N4O3/c1-9(17)11-7-18-8-16(2)19-5-3-4-10(19)6-20(16)15(23)12(18)14(22)13(11)21/h7,10,22H,1,3-6,8,17H2,2H3/t10-,16+/m1/s1. The Hall–Kier alpha value is -2.28. The van der Waals surface area contributed by atoms with Gasteiger partial charge in [-0.05, 0) is 19.8 Å². The number of pyridine rings is 1. The molecular weight excluding hydrogens is 296 g/mol. The van der Waals surface area contributed by atoms with Gasteiger partial charge in [0.1, 0.15) is 5.66 Å². The Balaban J connectivity index is 1.90. The zero-order valence-electron chi connectivity index (χ0n) is 13.1. The van der Waals surface area contributed by atoms with Crippen LogP contribution in [0.4, 0.5) is 0 Å². The van der Waals surface area contributed by atoms with Gasteiger partial charge in [-0.25, -0.2) is 0 Å². The molecule has 0 unspecified atom stereocenters. The van der Waals surface area contributed by atoms with E-state index in [2.05, 4.69) is 11.5 Å². The fourth-order valence-corrected chi connectivity index (χ4v) is 4.38. The zero-order chi connectivity index (χ0) is 16.5. The lowest BCUT2D eigenvalue weighted by Crippen LogP contribution is -2.59. The van der Waals surface area contributed by atoms with Crippen LogP contribution in [-0.4, -0.2) is 50.2 Å². The highest BCUT2D eigenvalue weighted by molar-refractivity contribution is 5.97. The molecule has 23 heavy (non-hydrogen) atoms. The van der Waals surface area contributed by atoms with Crippen LogP contribution in [0.15, 0.2) is 17.6 Å². The van der Waals surface area contributed by atoms with Crippen LogP contribution >= 0.6 is 0 Å². The molecule has 4 rings (SSSR count). The minimum absolute atomic E-state index is 0.0543. The Morgan fingerprint density at radius 1 is 1.48 bits per heavy atom. The van der Waals surface area contributed by atoms with E-state index in [4.69, 9.17) is 5.73 Å². The highest BCUT2D eigenvalue weighted by Crippen LogP contribution is 2.42. The number of hydrogen-bond acceptors (Lipinski definition) is 5. The molecule has 0 bridgehead atoms. The molecule has 1 aromatic heterocycles. The van der Waals surface area contributed by atoms with Gasteiger partial charge in [-0.1, -0.05) is 6.58 Å². The average molecular weight is 316 g/mol. The van der Waals surface area contributed by atoms with E-state index in [9.17, 15) is 14.7 Å². The Bertz CT molecular complexity index is 799. The monoisotopic (exact) mass is 316 g/mol. The number of amides is 1. The van der Waals surface area contributed by atoms with Crippen molar-refractivity contribution in [2.75, 3.05) is 13.1 Å². The molecule has 3 aliphatic rings. The van der Waals surface area contributed by atoms with Crippen molar-refractivity contribution < 1.29 is 9.90 Å². The van der Waals surface area contributed by atoms with Crippen molar-refractivity contribution in [3.8, 4) is 5.75 Å². The smallest absolute Gasteiger partial charge is 0.276 e. The summed E-state index contributed by atoms with van der Waals surface area (Å²) >= 11 is 0. The fraction of sp³-hybridized carbons (Fsp3) is 0.500. The van der Waals surface area contributed by atoms with E-state index in [1.54, 1.807) is 15.7 Å². The molecule has 122 valence electrons. The Labute approximate surface area is 133 Å². The number of aromatic nitrogens is 1. The Morgan fingerprint density at radius 2 is 2.22 bits per heavy atom. The van der Waals surface area contributed by atoms with E-state index >= 15 is 0 Å². The van der Waals surface area contributed by atoms with Crippen molar-refractivity contribution in [2.45, 2.75) is 38.0 Å². The van der Waals surface area contributed by atoms with Crippen LogP contribution in [-0.2, 0) is 6.54 Å². The molecule has 0 radical (unpaired) electrons. The summed E-state index contributed by atoms with van der Waals surface area (Å²) in [6, 6.07) is 0.358. The van der Waals surface area contributed by atoms with E-state index in [1.165, 1.54) is 0 Å². The van der Waals surface area contributed by atoms with E-state index in [1.807, 2.05) is 6.92 Å². The molecule has 3 aliphatic heterocycles. The van der Waals surface area contributed by atoms with Gasteiger partial charge < -0.3 is 20.3 Å². The predicted octanol–water partition coefficient (Wildman–Crippen LogP) is 0.133. The van der Waals surface area contributed by atoms with Gasteiger partial charge in [0.05, 0.1) is 12.1 Å². The van der Waals surface area contributed by atoms with E-state index in [0.29, 0.717) is 19.1 Å². The molecule has 1 aromatic rings. The molecule has 0 spiro atoms. The molecule has 7 heteroatoms. The van der Waals surface area contributed by atoms with Crippen molar-refractivity contribution >= 4 is 11.6 Å². The van der Waals surface area contributed by atoms with Gasteiger partial charge in [0.15, 0.2) is 11.4 Å². The SMILES string of the molecule is C=C(N)c1cn2c(c(O)c1=O)C(=O)N1C[C@H]3CCCN3[C@]1(C)C2. The lowest BCUT2D eigenvalue weighted by Gasteiger charge is -2.45. The van der Waals surface area contributed by atoms with Crippen LogP contribution in [0.2, 0.25) is 0 Å². The van der Waals surface area contributed by atoms with Crippen LogP contribution in [0.1, 0.15) is 35.8 Å². The second kappa shape index (κ2) is 4.38. The maximum atomic E-state index is 12.9. The highest BCUT2D eigenvalue weighted by Gasteiger charge is 2.55. The van der Waals surface area contributed by atoms with E-state index in [-0.39, 0.29) is 22.9 Å². The van der Waals surface area contributed by atoms with Crippen LogP contribution < -0.4 is 11.2 Å². The summed E-state index contributed by atoms with van der Waals surface area (Å²) in [6.45, 7) is 7.73. The highest BCUT2D eigenvalue weighted by atomic mass is 16.3. The van der Waals surface area contributed by atoms with Crippen LogP contribution in [0, 0.1) is 0 Å². The fourth-order valence-electron chi connectivity index (χ4n) is 4.38. The summed E-state index contributed by atoms with van der Waals surface area (Å²) in [5.41, 5.74) is 4.87. The number of hydrogen-bond donors (Lipinski definition) is 2. The number of fused-ring (bicyclic) bond motifs is 4. The molecule has 2 fully saturated rings. The summed E-state index contributed by atoms with van der Waals surface area (Å²) < 4.78 is 1.66. The molecule has 2 atom stereocenters. The second-order valence-corrected chi connectivity index (χ2v) is 6.84. The number of nitrogens with zero attached hydrogens (tertiary/aromatic N) is 3. The van der Waals surface area contributed by atoms with Crippen LogP contribution in [0.25, 0.3) is 5.70 Å². The van der Waals surface area contributed by atoms with Crippen molar-refractivity contribution in [3.63, 3.8) is 0 Å². The number of rotatable bonds is 1. The van der Waals surface area contributed by atoms with Gasteiger partial charge in [0.2, 0.25) is 5.43 Å². The molecule has 4 heterocycles. The Morgan fingerprint density at radius 3 is 2.91 bits per heavy atom.